The Morgan fingerprint density at radius 2 is 2.14 bits per heavy atom. The van der Waals surface area contributed by atoms with Crippen molar-refractivity contribution in [2.45, 2.75) is 51.1 Å². The number of hydrogen-bond acceptors (Lipinski definition) is 5. The molecule has 0 aromatic carbocycles. The number of aryl methyl sites for hydroxylation is 2. The fraction of sp³-hybridized carbons (Fsp3) is 0.786. The predicted molar refractivity (Wildman–Crippen MR) is 80.6 cm³/mol. The van der Waals surface area contributed by atoms with Crippen molar-refractivity contribution in [1.82, 2.24) is 15.1 Å². The van der Waals surface area contributed by atoms with Crippen LogP contribution in [0.3, 0.4) is 0 Å². The Kier molecular flexibility index (Phi) is 3.84. The highest BCUT2D eigenvalue weighted by Crippen LogP contribution is 2.34. The van der Waals surface area contributed by atoms with Gasteiger partial charge in [0, 0.05) is 32.2 Å². The predicted octanol–water partition coefficient (Wildman–Crippen LogP) is 1.61. The molecule has 3 rings (SSSR count). The lowest BCUT2D eigenvalue weighted by molar-refractivity contribution is -0.384. The first-order chi connectivity index (χ1) is 10.1. The molecule has 21 heavy (non-hydrogen) atoms. The highest BCUT2D eigenvalue weighted by molar-refractivity contribution is 5.62. The number of fused-ring (bicyclic) bond motifs is 2. The second-order valence-electron chi connectivity index (χ2n) is 6.12. The van der Waals surface area contributed by atoms with E-state index in [0.29, 0.717) is 30.0 Å². The van der Waals surface area contributed by atoms with Crippen LogP contribution in [0.2, 0.25) is 0 Å². The van der Waals surface area contributed by atoms with E-state index >= 15 is 0 Å². The van der Waals surface area contributed by atoms with Gasteiger partial charge in [0.15, 0.2) is 0 Å². The van der Waals surface area contributed by atoms with Crippen LogP contribution in [0.4, 0.5) is 11.5 Å². The molecule has 1 aromatic heterocycles. The highest BCUT2D eigenvalue weighted by atomic mass is 16.6. The maximum Gasteiger partial charge on any atom is 0.334 e. The summed E-state index contributed by atoms with van der Waals surface area (Å²) in [6.45, 7) is 3.72. The van der Waals surface area contributed by atoms with Crippen LogP contribution in [0.15, 0.2) is 0 Å². The standard InChI is InChI=1S/C14H23N5O2/c1-3-4-12-13(19(20)21)14(17(2)16-12)18-8-7-10-5-6-11(9-18)15-10/h10-11,15H,3-9H2,1-2H3. The number of rotatable bonds is 4. The molecule has 2 fully saturated rings. The molecule has 1 aromatic rings. The zero-order valence-electron chi connectivity index (χ0n) is 12.7. The van der Waals surface area contributed by atoms with Gasteiger partial charge in [0.2, 0.25) is 5.82 Å². The van der Waals surface area contributed by atoms with Gasteiger partial charge in [-0.15, -0.1) is 0 Å². The number of anilines is 1. The lowest BCUT2D eigenvalue weighted by Gasteiger charge is -2.25. The van der Waals surface area contributed by atoms with Crippen LogP contribution in [0.25, 0.3) is 0 Å². The van der Waals surface area contributed by atoms with E-state index in [9.17, 15) is 10.1 Å². The van der Waals surface area contributed by atoms with Crippen molar-refractivity contribution in [3.63, 3.8) is 0 Å². The van der Waals surface area contributed by atoms with Crippen LogP contribution in [0.5, 0.6) is 0 Å². The molecule has 2 saturated heterocycles. The van der Waals surface area contributed by atoms with E-state index in [4.69, 9.17) is 0 Å². The fourth-order valence-corrected chi connectivity index (χ4v) is 3.64. The average molecular weight is 293 g/mol. The molecule has 0 aliphatic carbocycles. The minimum atomic E-state index is -0.260. The van der Waals surface area contributed by atoms with Crippen molar-refractivity contribution in [3.8, 4) is 0 Å². The van der Waals surface area contributed by atoms with E-state index in [1.54, 1.807) is 4.68 Å². The number of nitro groups is 1. The Morgan fingerprint density at radius 1 is 1.38 bits per heavy atom. The molecule has 7 nitrogen and oxygen atoms in total. The Balaban J connectivity index is 1.95. The van der Waals surface area contributed by atoms with Gasteiger partial charge in [0.05, 0.1) is 4.92 Å². The first-order valence-electron chi connectivity index (χ1n) is 7.81. The summed E-state index contributed by atoms with van der Waals surface area (Å²) in [6, 6.07) is 1.02. The average Bonchev–Trinajstić information content (AvgIpc) is 2.91. The van der Waals surface area contributed by atoms with E-state index < -0.39 is 0 Å². The van der Waals surface area contributed by atoms with Crippen molar-refractivity contribution in [2.24, 2.45) is 7.05 Å². The van der Waals surface area contributed by atoms with Gasteiger partial charge in [-0.3, -0.25) is 10.1 Å². The number of nitrogens with one attached hydrogen (secondary N) is 1. The molecule has 7 heteroatoms. The first-order valence-corrected chi connectivity index (χ1v) is 7.81. The van der Waals surface area contributed by atoms with Gasteiger partial charge in [0.25, 0.3) is 0 Å². The van der Waals surface area contributed by atoms with Gasteiger partial charge < -0.3 is 10.2 Å². The molecular formula is C14H23N5O2. The zero-order valence-corrected chi connectivity index (χ0v) is 12.7. The van der Waals surface area contributed by atoms with E-state index in [0.717, 1.165) is 32.4 Å². The van der Waals surface area contributed by atoms with Gasteiger partial charge in [0.1, 0.15) is 5.69 Å². The summed E-state index contributed by atoms with van der Waals surface area (Å²) in [5.74, 6) is 0.679. The van der Waals surface area contributed by atoms with Crippen LogP contribution in [-0.2, 0) is 13.5 Å². The van der Waals surface area contributed by atoms with Gasteiger partial charge in [-0.05, 0) is 25.7 Å². The lowest BCUT2D eigenvalue weighted by atomic mass is 10.1. The normalized spacial score (nSPS) is 25.1. The topological polar surface area (TPSA) is 76.2 Å². The molecule has 3 heterocycles. The van der Waals surface area contributed by atoms with E-state index in [2.05, 4.69) is 15.3 Å². The minimum Gasteiger partial charge on any atom is -0.349 e. The lowest BCUT2D eigenvalue weighted by Crippen LogP contribution is -2.36. The second-order valence-corrected chi connectivity index (χ2v) is 6.12. The summed E-state index contributed by atoms with van der Waals surface area (Å²) in [7, 11) is 1.82. The van der Waals surface area contributed by atoms with Gasteiger partial charge in [-0.1, -0.05) is 13.3 Å². The highest BCUT2D eigenvalue weighted by Gasteiger charge is 2.35. The van der Waals surface area contributed by atoms with Crippen LogP contribution in [0, 0.1) is 10.1 Å². The molecule has 1 N–H and O–H groups in total. The Labute approximate surface area is 124 Å². The number of aromatic nitrogens is 2. The molecule has 116 valence electrons. The Bertz CT molecular complexity index is 542. The fourth-order valence-electron chi connectivity index (χ4n) is 3.64. The van der Waals surface area contributed by atoms with Gasteiger partial charge in [-0.25, -0.2) is 4.68 Å². The van der Waals surface area contributed by atoms with Gasteiger partial charge >= 0.3 is 5.69 Å². The second kappa shape index (κ2) is 5.63. The Hall–Kier alpha value is -1.63. The summed E-state index contributed by atoms with van der Waals surface area (Å²) < 4.78 is 1.70. The maximum absolute atomic E-state index is 11.5. The number of nitrogens with zero attached hydrogens (tertiary/aromatic N) is 4. The third-order valence-electron chi connectivity index (χ3n) is 4.55. The SMILES string of the molecule is CCCc1nn(C)c(N2CCC3CCC(C2)N3)c1[N+](=O)[O-]. The molecule has 2 bridgehead atoms. The molecule has 0 radical (unpaired) electrons. The third kappa shape index (κ3) is 2.62. The van der Waals surface area contributed by atoms with Crippen molar-refractivity contribution in [3.05, 3.63) is 15.8 Å². The van der Waals surface area contributed by atoms with E-state index in [1.807, 2.05) is 14.0 Å². The largest absolute Gasteiger partial charge is 0.349 e. The smallest absolute Gasteiger partial charge is 0.334 e. The number of hydrogen-bond donors (Lipinski definition) is 1. The molecule has 0 amide bonds. The molecule has 0 spiro atoms. The van der Waals surface area contributed by atoms with Crippen LogP contribution < -0.4 is 10.2 Å². The molecule has 2 aliphatic rings. The summed E-state index contributed by atoms with van der Waals surface area (Å²) in [4.78, 5) is 13.4. The molecule has 0 saturated carbocycles. The van der Waals surface area contributed by atoms with Crippen molar-refractivity contribution >= 4 is 11.5 Å². The Morgan fingerprint density at radius 3 is 2.86 bits per heavy atom. The summed E-state index contributed by atoms with van der Waals surface area (Å²) in [5.41, 5.74) is 0.819. The van der Waals surface area contributed by atoms with Crippen molar-refractivity contribution in [2.75, 3.05) is 18.0 Å². The third-order valence-corrected chi connectivity index (χ3v) is 4.55. The van der Waals surface area contributed by atoms with Crippen molar-refractivity contribution < 1.29 is 4.92 Å². The van der Waals surface area contributed by atoms with Crippen LogP contribution in [-0.4, -0.2) is 39.9 Å². The van der Waals surface area contributed by atoms with Crippen molar-refractivity contribution in [1.29, 1.82) is 0 Å². The maximum atomic E-state index is 11.5. The van der Waals surface area contributed by atoms with Crippen LogP contribution >= 0.6 is 0 Å². The first kappa shape index (κ1) is 14.3. The zero-order chi connectivity index (χ0) is 15.0. The molecule has 2 unspecified atom stereocenters. The van der Waals surface area contributed by atoms with Gasteiger partial charge in [-0.2, -0.15) is 5.10 Å². The summed E-state index contributed by atoms with van der Waals surface area (Å²) >= 11 is 0. The quantitative estimate of drug-likeness (QED) is 0.674. The molecular weight excluding hydrogens is 270 g/mol. The summed E-state index contributed by atoms with van der Waals surface area (Å²) in [5, 5.41) is 19.5. The van der Waals surface area contributed by atoms with E-state index in [-0.39, 0.29) is 10.6 Å². The van der Waals surface area contributed by atoms with Crippen LogP contribution in [0.1, 0.15) is 38.3 Å². The monoisotopic (exact) mass is 293 g/mol. The van der Waals surface area contributed by atoms with E-state index in [1.165, 1.54) is 6.42 Å². The summed E-state index contributed by atoms with van der Waals surface area (Å²) in [6.07, 6.45) is 4.95. The minimum absolute atomic E-state index is 0.206. The molecule has 2 aliphatic heterocycles. The molecule has 2 atom stereocenters.